The number of carbonyl (C=O) groups excluding carboxylic acids is 2. The third-order valence-electron chi connectivity index (χ3n) is 5.27. The fourth-order valence-electron chi connectivity index (χ4n) is 3.43. The highest BCUT2D eigenvalue weighted by Gasteiger charge is 2.22. The maximum Gasteiger partial charge on any atom is 0.338 e. The molecule has 0 unspecified atom stereocenters. The molecule has 0 aliphatic rings. The van der Waals surface area contributed by atoms with Gasteiger partial charge in [0.05, 0.1) is 16.1 Å². The summed E-state index contributed by atoms with van der Waals surface area (Å²) in [7, 11) is -2.34. The molecule has 4 rings (SSSR count). The molecule has 1 amide bonds. The van der Waals surface area contributed by atoms with Crippen LogP contribution in [0, 0.1) is 0 Å². The van der Waals surface area contributed by atoms with Crippen LogP contribution in [0.4, 0.5) is 11.4 Å². The molecule has 4 aromatic carbocycles. The molecule has 0 fully saturated rings. The topological polar surface area (TPSA) is 92.8 Å². The van der Waals surface area contributed by atoms with Crippen molar-refractivity contribution in [1.29, 1.82) is 0 Å². The zero-order valence-corrected chi connectivity index (χ0v) is 19.2. The first-order valence-corrected chi connectivity index (χ1v) is 11.9. The van der Waals surface area contributed by atoms with Gasteiger partial charge in [0.15, 0.2) is 6.61 Å². The lowest BCUT2D eigenvalue weighted by atomic mass is 10.1. The van der Waals surface area contributed by atoms with Gasteiger partial charge in [0.25, 0.3) is 15.9 Å². The molecule has 0 atom stereocenters. The lowest BCUT2D eigenvalue weighted by Gasteiger charge is -2.19. The maximum atomic E-state index is 12.9. The van der Waals surface area contributed by atoms with Gasteiger partial charge in [-0.2, -0.15) is 0 Å². The van der Waals surface area contributed by atoms with Gasteiger partial charge in [-0.05, 0) is 47.9 Å². The summed E-state index contributed by atoms with van der Waals surface area (Å²) < 4.78 is 32.0. The number of hydrogen-bond donors (Lipinski definition) is 1. The van der Waals surface area contributed by atoms with Crippen molar-refractivity contribution < 1.29 is 22.7 Å². The van der Waals surface area contributed by atoms with Crippen LogP contribution in [0.5, 0.6) is 0 Å². The number of nitrogens with one attached hydrogen (secondary N) is 1. The Balaban J connectivity index is 1.38. The van der Waals surface area contributed by atoms with Gasteiger partial charge in [-0.15, -0.1) is 0 Å². The van der Waals surface area contributed by atoms with Crippen LogP contribution in [0.25, 0.3) is 10.8 Å². The van der Waals surface area contributed by atoms with E-state index in [9.17, 15) is 18.0 Å². The summed E-state index contributed by atoms with van der Waals surface area (Å²) in [6.45, 7) is -0.473. The van der Waals surface area contributed by atoms with E-state index in [0.717, 1.165) is 15.1 Å². The monoisotopic (exact) mass is 474 g/mol. The summed E-state index contributed by atoms with van der Waals surface area (Å²) in [5.41, 5.74) is 1.28. The standard InChI is InChI=1S/C26H22N2O5S/c1-28(21-10-3-2-4-11-21)34(31,32)22-16-14-20(15-17-22)26(30)33-18-25(29)27-24-13-7-9-19-8-5-6-12-23(19)24/h2-17H,18H2,1H3,(H,27,29). The minimum atomic E-state index is -3.80. The number of amides is 1. The molecule has 0 radical (unpaired) electrons. The summed E-state index contributed by atoms with van der Waals surface area (Å²) in [5, 5.41) is 4.60. The molecule has 0 bridgehead atoms. The van der Waals surface area contributed by atoms with E-state index in [1.54, 1.807) is 36.4 Å². The van der Waals surface area contributed by atoms with Crippen molar-refractivity contribution in [2.24, 2.45) is 0 Å². The van der Waals surface area contributed by atoms with Crippen LogP contribution in [0.2, 0.25) is 0 Å². The fraction of sp³-hybridized carbons (Fsp3) is 0.0769. The van der Waals surface area contributed by atoms with E-state index >= 15 is 0 Å². The number of carbonyl (C=O) groups is 2. The number of rotatable bonds is 7. The second kappa shape index (κ2) is 9.76. The van der Waals surface area contributed by atoms with E-state index in [0.29, 0.717) is 11.4 Å². The van der Waals surface area contributed by atoms with Crippen LogP contribution in [0.15, 0.2) is 102 Å². The molecule has 0 aliphatic carbocycles. The second-order valence-corrected chi connectivity index (χ2v) is 9.45. The predicted molar refractivity (Wildman–Crippen MR) is 131 cm³/mol. The van der Waals surface area contributed by atoms with Gasteiger partial charge in [0.2, 0.25) is 0 Å². The Hall–Kier alpha value is -4.17. The average Bonchev–Trinajstić information content (AvgIpc) is 2.87. The van der Waals surface area contributed by atoms with Gasteiger partial charge >= 0.3 is 5.97 Å². The van der Waals surface area contributed by atoms with Crippen molar-refractivity contribution in [3.63, 3.8) is 0 Å². The Morgan fingerprint density at radius 2 is 1.47 bits per heavy atom. The summed E-state index contributed by atoms with van der Waals surface area (Å²) in [5.74, 6) is -1.21. The van der Waals surface area contributed by atoms with E-state index in [1.807, 2.05) is 36.4 Å². The first-order valence-electron chi connectivity index (χ1n) is 10.4. The number of nitrogens with zero attached hydrogens (tertiary/aromatic N) is 1. The predicted octanol–water partition coefficient (Wildman–Crippen LogP) is 4.46. The zero-order chi connectivity index (χ0) is 24.1. The number of sulfonamides is 1. The van der Waals surface area contributed by atoms with Crippen LogP contribution < -0.4 is 9.62 Å². The largest absolute Gasteiger partial charge is 0.452 e. The maximum absolute atomic E-state index is 12.9. The van der Waals surface area contributed by atoms with Crippen molar-refractivity contribution in [1.82, 2.24) is 0 Å². The molecule has 0 saturated heterocycles. The zero-order valence-electron chi connectivity index (χ0n) is 18.3. The normalized spacial score (nSPS) is 11.1. The lowest BCUT2D eigenvalue weighted by Crippen LogP contribution is -2.26. The van der Waals surface area contributed by atoms with E-state index in [-0.39, 0.29) is 10.5 Å². The number of anilines is 2. The number of hydrogen-bond acceptors (Lipinski definition) is 5. The Kier molecular flexibility index (Phi) is 6.60. The highest BCUT2D eigenvalue weighted by molar-refractivity contribution is 7.92. The summed E-state index contributed by atoms with van der Waals surface area (Å²) in [6, 6.07) is 27.2. The molecule has 0 spiro atoms. The van der Waals surface area contributed by atoms with Gasteiger partial charge in [0.1, 0.15) is 0 Å². The number of ether oxygens (including phenoxy) is 1. The average molecular weight is 475 g/mol. The Bertz CT molecular complexity index is 1430. The first kappa shape index (κ1) is 23.0. The van der Waals surface area contributed by atoms with Crippen molar-refractivity contribution in [3.05, 3.63) is 103 Å². The fourth-order valence-corrected chi connectivity index (χ4v) is 4.63. The smallest absolute Gasteiger partial charge is 0.338 e. The molecule has 0 aliphatic heterocycles. The SMILES string of the molecule is CN(c1ccccc1)S(=O)(=O)c1ccc(C(=O)OCC(=O)Nc2cccc3ccccc23)cc1. The Labute approximate surface area is 197 Å². The number of fused-ring (bicyclic) bond motifs is 1. The molecule has 0 aromatic heterocycles. The van der Waals surface area contributed by atoms with E-state index in [4.69, 9.17) is 4.74 Å². The van der Waals surface area contributed by atoms with Crippen LogP contribution in [-0.2, 0) is 19.6 Å². The van der Waals surface area contributed by atoms with Crippen LogP contribution in [-0.4, -0.2) is 33.9 Å². The first-order chi connectivity index (χ1) is 16.4. The summed E-state index contributed by atoms with van der Waals surface area (Å²) in [6.07, 6.45) is 0. The number of para-hydroxylation sites is 1. The van der Waals surface area contributed by atoms with Crippen LogP contribution in [0.1, 0.15) is 10.4 Å². The highest BCUT2D eigenvalue weighted by Crippen LogP contribution is 2.23. The van der Waals surface area contributed by atoms with Gasteiger partial charge in [-0.25, -0.2) is 13.2 Å². The van der Waals surface area contributed by atoms with Crippen molar-refractivity contribution in [2.45, 2.75) is 4.90 Å². The van der Waals surface area contributed by atoms with Gasteiger partial charge in [-0.1, -0.05) is 54.6 Å². The van der Waals surface area contributed by atoms with Crippen LogP contribution >= 0.6 is 0 Å². The molecule has 0 heterocycles. The quantitative estimate of drug-likeness (QED) is 0.399. The lowest BCUT2D eigenvalue weighted by molar-refractivity contribution is -0.119. The van der Waals surface area contributed by atoms with Gasteiger partial charge in [-0.3, -0.25) is 9.10 Å². The van der Waals surface area contributed by atoms with Gasteiger partial charge < -0.3 is 10.1 Å². The molecule has 1 N–H and O–H groups in total. The summed E-state index contributed by atoms with van der Waals surface area (Å²) >= 11 is 0. The van der Waals surface area contributed by atoms with Crippen molar-refractivity contribution in [3.8, 4) is 0 Å². The van der Waals surface area contributed by atoms with E-state index in [1.165, 1.54) is 31.3 Å². The Morgan fingerprint density at radius 3 is 2.21 bits per heavy atom. The third-order valence-corrected chi connectivity index (χ3v) is 7.07. The molecular formula is C26H22N2O5S. The van der Waals surface area contributed by atoms with Gasteiger partial charge in [0, 0.05) is 18.1 Å². The third kappa shape index (κ3) is 4.92. The van der Waals surface area contributed by atoms with E-state index in [2.05, 4.69) is 5.32 Å². The van der Waals surface area contributed by atoms with Crippen molar-refractivity contribution in [2.75, 3.05) is 23.3 Å². The second-order valence-electron chi connectivity index (χ2n) is 7.48. The number of benzene rings is 4. The molecule has 34 heavy (non-hydrogen) atoms. The molecule has 4 aromatic rings. The Morgan fingerprint density at radius 1 is 0.824 bits per heavy atom. The minimum Gasteiger partial charge on any atom is -0.452 e. The highest BCUT2D eigenvalue weighted by atomic mass is 32.2. The van der Waals surface area contributed by atoms with E-state index < -0.39 is 28.5 Å². The molecule has 8 heteroatoms. The molecule has 0 saturated carbocycles. The summed E-state index contributed by atoms with van der Waals surface area (Å²) in [4.78, 5) is 24.7. The minimum absolute atomic E-state index is 0.0316. The van der Waals surface area contributed by atoms with Crippen LogP contribution in [0.3, 0.4) is 0 Å². The molecule has 172 valence electrons. The molecular weight excluding hydrogens is 452 g/mol. The van der Waals surface area contributed by atoms with Crippen molar-refractivity contribution >= 4 is 44.0 Å². The molecule has 7 nitrogen and oxygen atoms in total. The number of esters is 1.